The van der Waals surface area contributed by atoms with Crippen LogP contribution in [0.25, 0.3) is 0 Å². The lowest BCUT2D eigenvalue weighted by molar-refractivity contribution is -0.127. The first kappa shape index (κ1) is 23.2. The van der Waals surface area contributed by atoms with Gasteiger partial charge in [0.1, 0.15) is 18.2 Å². The Balaban J connectivity index is 1.30. The molecule has 1 aliphatic rings. The van der Waals surface area contributed by atoms with Gasteiger partial charge >= 0.3 is 0 Å². The number of nitrogens with zero attached hydrogens (tertiary/aromatic N) is 2. The minimum absolute atomic E-state index is 0.00180. The highest BCUT2D eigenvalue weighted by Crippen LogP contribution is 2.25. The molecular weight excluding hydrogens is 441 g/mol. The summed E-state index contributed by atoms with van der Waals surface area (Å²) in [5.74, 6) is 0.310. The first-order valence-electron chi connectivity index (χ1n) is 11.2. The summed E-state index contributed by atoms with van der Waals surface area (Å²) in [7, 11) is 0. The number of hydrogen-bond donors (Lipinski definition) is 1. The average Bonchev–Trinajstić information content (AvgIpc) is 2.85. The topological polar surface area (TPSA) is 54.5 Å². The van der Waals surface area contributed by atoms with E-state index in [4.69, 9.17) is 16.3 Å². The van der Waals surface area contributed by atoms with Crippen LogP contribution in [0.3, 0.4) is 0 Å². The SMILES string of the molecule is O=C(NC(c1ccc(F)cc1)c1ccccn1)C1CCN(CCOc2ccccc2Cl)CC1. The van der Waals surface area contributed by atoms with E-state index in [0.717, 1.165) is 43.7 Å². The molecule has 2 aromatic carbocycles. The number of pyridine rings is 1. The number of amides is 1. The Morgan fingerprint density at radius 2 is 1.82 bits per heavy atom. The Hall–Kier alpha value is -2.96. The molecule has 1 aromatic heterocycles. The largest absolute Gasteiger partial charge is 0.491 e. The molecule has 3 aromatic rings. The van der Waals surface area contributed by atoms with Crippen LogP contribution in [0, 0.1) is 11.7 Å². The van der Waals surface area contributed by atoms with Crippen LogP contribution in [0.5, 0.6) is 5.75 Å². The molecule has 1 atom stereocenters. The van der Waals surface area contributed by atoms with Gasteiger partial charge in [-0.2, -0.15) is 0 Å². The number of aromatic nitrogens is 1. The van der Waals surface area contributed by atoms with Crippen molar-refractivity contribution in [2.45, 2.75) is 18.9 Å². The van der Waals surface area contributed by atoms with Crippen molar-refractivity contribution in [3.05, 3.63) is 95.0 Å². The first-order chi connectivity index (χ1) is 16.1. The van der Waals surface area contributed by atoms with Crippen molar-refractivity contribution in [3.63, 3.8) is 0 Å². The molecule has 33 heavy (non-hydrogen) atoms. The van der Waals surface area contributed by atoms with Crippen molar-refractivity contribution >= 4 is 17.5 Å². The second-order valence-electron chi connectivity index (χ2n) is 8.14. The minimum Gasteiger partial charge on any atom is -0.491 e. The fourth-order valence-electron chi connectivity index (χ4n) is 4.06. The van der Waals surface area contributed by atoms with E-state index in [1.54, 1.807) is 18.3 Å². The smallest absolute Gasteiger partial charge is 0.224 e. The molecule has 172 valence electrons. The molecule has 5 nitrogen and oxygen atoms in total. The Kier molecular flexibility index (Phi) is 7.92. The molecule has 0 aliphatic carbocycles. The summed E-state index contributed by atoms with van der Waals surface area (Å²) in [5.41, 5.74) is 1.53. The number of para-hydroxylation sites is 1. The third kappa shape index (κ3) is 6.30. The predicted molar refractivity (Wildman–Crippen MR) is 127 cm³/mol. The number of carbonyl (C=O) groups excluding carboxylic acids is 1. The maximum absolute atomic E-state index is 13.4. The predicted octanol–water partition coefficient (Wildman–Crippen LogP) is 4.87. The van der Waals surface area contributed by atoms with Gasteiger partial charge in [-0.3, -0.25) is 14.7 Å². The average molecular weight is 468 g/mol. The van der Waals surface area contributed by atoms with Gasteiger partial charge in [-0.15, -0.1) is 0 Å². The number of likely N-dealkylation sites (tertiary alicyclic amines) is 1. The zero-order valence-corrected chi connectivity index (χ0v) is 19.0. The minimum atomic E-state index is -0.415. The fraction of sp³-hybridized carbons (Fsp3) is 0.308. The molecule has 1 unspecified atom stereocenters. The highest BCUT2D eigenvalue weighted by molar-refractivity contribution is 6.32. The monoisotopic (exact) mass is 467 g/mol. The Labute approximate surface area is 198 Å². The van der Waals surface area contributed by atoms with Crippen molar-refractivity contribution in [1.29, 1.82) is 0 Å². The molecule has 0 bridgehead atoms. The normalized spacial score (nSPS) is 15.7. The summed E-state index contributed by atoms with van der Waals surface area (Å²) in [5, 5.41) is 3.75. The van der Waals surface area contributed by atoms with Crippen LogP contribution in [0.4, 0.5) is 4.39 Å². The van der Waals surface area contributed by atoms with Gasteiger partial charge in [-0.1, -0.05) is 41.9 Å². The van der Waals surface area contributed by atoms with Gasteiger partial charge in [-0.25, -0.2) is 4.39 Å². The van der Waals surface area contributed by atoms with Gasteiger partial charge in [0, 0.05) is 18.7 Å². The quantitative estimate of drug-likeness (QED) is 0.513. The lowest BCUT2D eigenvalue weighted by Gasteiger charge is -2.32. The van der Waals surface area contributed by atoms with Crippen molar-refractivity contribution in [3.8, 4) is 5.75 Å². The molecule has 4 rings (SSSR count). The molecule has 0 spiro atoms. The van der Waals surface area contributed by atoms with Gasteiger partial charge in [0.25, 0.3) is 0 Å². The molecule has 1 amide bonds. The molecule has 1 aliphatic heterocycles. The number of piperidine rings is 1. The Morgan fingerprint density at radius 3 is 2.52 bits per heavy atom. The van der Waals surface area contributed by atoms with Gasteiger partial charge in [0.2, 0.25) is 5.91 Å². The van der Waals surface area contributed by atoms with Crippen molar-refractivity contribution in [2.24, 2.45) is 5.92 Å². The highest BCUT2D eigenvalue weighted by Gasteiger charge is 2.27. The lowest BCUT2D eigenvalue weighted by atomic mass is 9.94. The third-order valence-corrected chi connectivity index (χ3v) is 6.25. The molecular formula is C26H27ClFN3O2. The van der Waals surface area contributed by atoms with E-state index in [-0.39, 0.29) is 17.6 Å². The number of ether oxygens (including phenoxy) is 1. The van der Waals surface area contributed by atoms with E-state index < -0.39 is 6.04 Å². The number of rotatable bonds is 8. The van der Waals surface area contributed by atoms with Gasteiger partial charge in [0.15, 0.2) is 0 Å². The van der Waals surface area contributed by atoms with Crippen LogP contribution in [-0.2, 0) is 4.79 Å². The van der Waals surface area contributed by atoms with Crippen LogP contribution in [-0.4, -0.2) is 42.0 Å². The number of hydrogen-bond acceptors (Lipinski definition) is 4. The molecule has 1 saturated heterocycles. The van der Waals surface area contributed by atoms with Crippen LogP contribution in [0.1, 0.15) is 30.1 Å². The fourth-order valence-corrected chi connectivity index (χ4v) is 4.25. The number of nitrogens with one attached hydrogen (secondary N) is 1. The van der Waals surface area contributed by atoms with Gasteiger partial charge in [0.05, 0.1) is 16.8 Å². The van der Waals surface area contributed by atoms with E-state index >= 15 is 0 Å². The zero-order chi connectivity index (χ0) is 23.0. The summed E-state index contributed by atoms with van der Waals surface area (Å²) in [6, 6.07) is 18.8. The van der Waals surface area contributed by atoms with Crippen molar-refractivity contribution in [2.75, 3.05) is 26.2 Å². The summed E-state index contributed by atoms with van der Waals surface area (Å²) in [6.45, 7) is 2.99. The summed E-state index contributed by atoms with van der Waals surface area (Å²) in [6.07, 6.45) is 3.24. The summed E-state index contributed by atoms with van der Waals surface area (Å²) in [4.78, 5) is 19.8. The maximum Gasteiger partial charge on any atom is 0.224 e. The Morgan fingerprint density at radius 1 is 1.09 bits per heavy atom. The lowest BCUT2D eigenvalue weighted by Crippen LogP contribution is -2.43. The van der Waals surface area contributed by atoms with E-state index in [9.17, 15) is 9.18 Å². The Bertz CT molecular complexity index is 1040. The van der Waals surface area contributed by atoms with Crippen LogP contribution in [0.2, 0.25) is 5.02 Å². The van der Waals surface area contributed by atoms with Crippen molar-refractivity contribution in [1.82, 2.24) is 15.2 Å². The highest BCUT2D eigenvalue weighted by atomic mass is 35.5. The van der Waals surface area contributed by atoms with E-state index in [1.807, 2.05) is 42.5 Å². The molecule has 2 heterocycles. The maximum atomic E-state index is 13.4. The van der Waals surface area contributed by atoms with Crippen LogP contribution >= 0.6 is 11.6 Å². The van der Waals surface area contributed by atoms with E-state index in [1.165, 1.54) is 12.1 Å². The zero-order valence-electron chi connectivity index (χ0n) is 18.3. The standard InChI is InChI=1S/C26H27ClFN3O2/c27-22-5-1-2-7-24(22)33-18-17-31-15-12-20(13-16-31)26(32)30-25(23-6-3-4-14-29-23)19-8-10-21(28)11-9-19/h1-11,14,20,25H,12-13,15-18H2,(H,30,32). The third-order valence-electron chi connectivity index (χ3n) is 5.93. The summed E-state index contributed by atoms with van der Waals surface area (Å²) < 4.78 is 19.2. The number of carbonyl (C=O) groups is 1. The van der Waals surface area contributed by atoms with Crippen LogP contribution in [0.15, 0.2) is 72.9 Å². The van der Waals surface area contributed by atoms with Crippen molar-refractivity contribution < 1.29 is 13.9 Å². The molecule has 0 radical (unpaired) electrons. The van der Waals surface area contributed by atoms with Crippen LogP contribution < -0.4 is 10.1 Å². The second-order valence-corrected chi connectivity index (χ2v) is 8.55. The number of halogens is 2. The van der Waals surface area contributed by atoms with E-state index in [0.29, 0.717) is 17.4 Å². The van der Waals surface area contributed by atoms with Gasteiger partial charge in [-0.05, 0) is 67.9 Å². The van der Waals surface area contributed by atoms with Gasteiger partial charge < -0.3 is 10.1 Å². The molecule has 1 fully saturated rings. The summed E-state index contributed by atoms with van der Waals surface area (Å²) >= 11 is 6.13. The first-order valence-corrected chi connectivity index (χ1v) is 11.5. The molecule has 7 heteroatoms. The number of benzene rings is 2. The molecule has 1 N–H and O–H groups in total. The second kappa shape index (κ2) is 11.3. The molecule has 0 saturated carbocycles. The van der Waals surface area contributed by atoms with E-state index in [2.05, 4.69) is 15.2 Å².